The molecule has 0 aliphatic carbocycles. The van der Waals surface area contributed by atoms with E-state index in [4.69, 9.17) is 4.74 Å². The first kappa shape index (κ1) is 12.1. The van der Waals surface area contributed by atoms with Crippen LogP contribution >= 0.6 is 0 Å². The van der Waals surface area contributed by atoms with Crippen LogP contribution in [0.5, 0.6) is 0 Å². The molecule has 1 aromatic rings. The van der Waals surface area contributed by atoms with E-state index in [1.807, 2.05) is 30.3 Å². The average Bonchev–Trinajstić information content (AvgIpc) is 2.19. The van der Waals surface area contributed by atoms with E-state index in [9.17, 15) is 8.78 Å². The van der Waals surface area contributed by atoms with Gasteiger partial charge in [0, 0.05) is 0 Å². The lowest BCUT2D eigenvalue weighted by atomic mass is 10.2. The van der Waals surface area contributed by atoms with Crippen LogP contribution in [0.4, 0.5) is 8.78 Å². The Morgan fingerprint density at radius 2 is 1.93 bits per heavy atom. The summed E-state index contributed by atoms with van der Waals surface area (Å²) in [6.07, 6.45) is 0. The maximum Gasteiger partial charge on any atom is 0.283 e. The SMILES string of the molecule is CNCC(F)(F)COCc1ccccc1. The summed E-state index contributed by atoms with van der Waals surface area (Å²) in [7, 11) is 1.49. The predicted octanol–water partition coefficient (Wildman–Crippen LogP) is 2.06. The fourth-order valence-corrected chi connectivity index (χ4v) is 1.20. The summed E-state index contributed by atoms with van der Waals surface area (Å²) >= 11 is 0. The molecule has 2 nitrogen and oxygen atoms in total. The van der Waals surface area contributed by atoms with Crippen LogP contribution in [0.15, 0.2) is 30.3 Å². The van der Waals surface area contributed by atoms with E-state index in [1.54, 1.807) is 0 Å². The van der Waals surface area contributed by atoms with Crippen LogP contribution in [0.2, 0.25) is 0 Å². The Bertz CT molecular complexity index is 277. The zero-order valence-corrected chi connectivity index (χ0v) is 8.67. The van der Waals surface area contributed by atoms with Crippen molar-refractivity contribution in [2.45, 2.75) is 12.5 Å². The van der Waals surface area contributed by atoms with Gasteiger partial charge in [0.1, 0.15) is 6.61 Å². The number of halogens is 2. The number of hydrogen-bond donors (Lipinski definition) is 1. The van der Waals surface area contributed by atoms with Gasteiger partial charge in [0.15, 0.2) is 0 Å². The van der Waals surface area contributed by atoms with E-state index < -0.39 is 12.5 Å². The molecule has 0 saturated heterocycles. The van der Waals surface area contributed by atoms with Gasteiger partial charge < -0.3 is 10.1 Å². The van der Waals surface area contributed by atoms with Gasteiger partial charge in [-0.2, -0.15) is 0 Å². The fraction of sp³-hybridized carbons (Fsp3) is 0.455. The molecule has 1 aromatic carbocycles. The monoisotopic (exact) mass is 215 g/mol. The van der Waals surface area contributed by atoms with E-state index in [0.29, 0.717) is 0 Å². The van der Waals surface area contributed by atoms with Crippen molar-refractivity contribution in [3.63, 3.8) is 0 Å². The molecule has 0 fully saturated rings. The second kappa shape index (κ2) is 5.78. The smallest absolute Gasteiger partial charge is 0.283 e. The average molecular weight is 215 g/mol. The first-order valence-corrected chi connectivity index (χ1v) is 4.78. The van der Waals surface area contributed by atoms with Gasteiger partial charge in [0.2, 0.25) is 0 Å². The highest BCUT2D eigenvalue weighted by molar-refractivity contribution is 5.13. The Balaban J connectivity index is 2.27. The van der Waals surface area contributed by atoms with Crippen molar-refractivity contribution >= 4 is 0 Å². The molecule has 0 radical (unpaired) electrons. The highest BCUT2D eigenvalue weighted by Gasteiger charge is 2.27. The highest BCUT2D eigenvalue weighted by atomic mass is 19.3. The number of rotatable bonds is 6. The van der Waals surface area contributed by atoms with Crippen molar-refractivity contribution in [2.75, 3.05) is 20.2 Å². The fourth-order valence-electron chi connectivity index (χ4n) is 1.20. The standard InChI is InChI=1S/C11H15F2NO/c1-14-8-11(12,13)9-15-7-10-5-3-2-4-6-10/h2-6,14H,7-9H2,1H3. The van der Waals surface area contributed by atoms with E-state index in [-0.39, 0.29) is 13.2 Å². The molecule has 0 atom stereocenters. The number of nitrogens with one attached hydrogen (secondary N) is 1. The van der Waals surface area contributed by atoms with Gasteiger partial charge in [0.25, 0.3) is 5.92 Å². The van der Waals surface area contributed by atoms with Crippen LogP contribution < -0.4 is 5.32 Å². The lowest BCUT2D eigenvalue weighted by Gasteiger charge is -2.15. The molecule has 0 bridgehead atoms. The predicted molar refractivity (Wildman–Crippen MR) is 55.0 cm³/mol. The number of alkyl halides is 2. The molecule has 1 N–H and O–H groups in total. The van der Waals surface area contributed by atoms with Gasteiger partial charge in [-0.1, -0.05) is 30.3 Å². The lowest BCUT2D eigenvalue weighted by Crippen LogP contribution is -2.35. The minimum atomic E-state index is -2.80. The Hall–Kier alpha value is -1.00. The minimum absolute atomic E-state index is 0.222. The van der Waals surface area contributed by atoms with Gasteiger partial charge in [0.05, 0.1) is 13.2 Å². The van der Waals surface area contributed by atoms with E-state index in [2.05, 4.69) is 5.32 Å². The zero-order chi connectivity index (χ0) is 11.1. The Kier molecular flexibility index (Phi) is 4.65. The third-order valence-corrected chi connectivity index (χ3v) is 1.86. The van der Waals surface area contributed by atoms with Crippen LogP contribution in [0.25, 0.3) is 0 Å². The van der Waals surface area contributed by atoms with E-state index in [1.165, 1.54) is 7.05 Å². The van der Waals surface area contributed by atoms with Crippen LogP contribution in [0.1, 0.15) is 5.56 Å². The van der Waals surface area contributed by atoms with Crippen LogP contribution in [0.3, 0.4) is 0 Å². The van der Waals surface area contributed by atoms with Crippen LogP contribution in [-0.2, 0) is 11.3 Å². The number of benzene rings is 1. The van der Waals surface area contributed by atoms with Crippen molar-refractivity contribution in [2.24, 2.45) is 0 Å². The summed E-state index contributed by atoms with van der Waals surface area (Å²) < 4.78 is 30.8. The molecule has 0 amide bonds. The van der Waals surface area contributed by atoms with Crippen molar-refractivity contribution in [3.05, 3.63) is 35.9 Å². The first-order chi connectivity index (χ1) is 7.14. The zero-order valence-electron chi connectivity index (χ0n) is 8.67. The minimum Gasteiger partial charge on any atom is -0.370 e. The molecule has 0 heterocycles. The third-order valence-electron chi connectivity index (χ3n) is 1.86. The van der Waals surface area contributed by atoms with Gasteiger partial charge >= 0.3 is 0 Å². The summed E-state index contributed by atoms with van der Waals surface area (Å²) in [5.41, 5.74) is 0.901. The lowest BCUT2D eigenvalue weighted by molar-refractivity contribution is -0.0782. The molecular formula is C11H15F2NO. The molecule has 0 aliphatic rings. The second-order valence-electron chi connectivity index (χ2n) is 3.36. The Labute approximate surface area is 88.3 Å². The van der Waals surface area contributed by atoms with E-state index >= 15 is 0 Å². The van der Waals surface area contributed by atoms with Crippen molar-refractivity contribution in [1.82, 2.24) is 5.32 Å². The molecule has 15 heavy (non-hydrogen) atoms. The van der Waals surface area contributed by atoms with Gasteiger partial charge in [-0.05, 0) is 12.6 Å². The van der Waals surface area contributed by atoms with Gasteiger partial charge in [-0.25, -0.2) is 8.78 Å². The second-order valence-corrected chi connectivity index (χ2v) is 3.36. The summed E-state index contributed by atoms with van der Waals surface area (Å²) in [5, 5.41) is 2.43. The van der Waals surface area contributed by atoms with Crippen LogP contribution in [0, 0.1) is 0 Å². The largest absolute Gasteiger partial charge is 0.370 e. The summed E-state index contributed by atoms with van der Waals surface area (Å²) in [5.74, 6) is -2.80. The Morgan fingerprint density at radius 3 is 2.53 bits per heavy atom. The van der Waals surface area contributed by atoms with E-state index in [0.717, 1.165) is 5.56 Å². The molecule has 84 valence electrons. The summed E-state index contributed by atoms with van der Waals surface area (Å²) in [4.78, 5) is 0. The van der Waals surface area contributed by atoms with Gasteiger partial charge in [-0.3, -0.25) is 0 Å². The van der Waals surface area contributed by atoms with Crippen molar-refractivity contribution in [1.29, 1.82) is 0 Å². The summed E-state index contributed by atoms with van der Waals surface area (Å²) in [6.45, 7) is -0.690. The molecule has 1 rings (SSSR count). The first-order valence-electron chi connectivity index (χ1n) is 4.78. The maximum absolute atomic E-state index is 12.9. The molecule has 0 unspecified atom stereocenters. The quantitative estimate of drug-likeness (QED) is 0.784. The molecule has 0 aliphatic heterocycles. The topological polar surface area (TPSA) is 21.3 Å². The van der Waals surface area contributed by atoms with Gasteiger partial charge in [-0.15, -0.1) is 0 Å². The molecule has 0 saturated carbocycles. The normalized spacial score (nSPS) is 11.7. The van der Waals surface area contributed by atoms with Crippen LogP contribution in [-0.4, -0.2) is 26.1 Å². The van der Waals surface area contributed by atoms with Crippen molar-refractivity contribution < 1.29 is 13.5 Å². The molecule has 0 spiro atoms. The Morgan fingerprint density at radius 1 is 1.27 bits per heavy atom. The third kappa shape index (κ3) is 4.85. The summed E-state index contributed by atoms with van der Waals surface area (Å²) in [6, 6.07) is 9.26. The highest BCUT2D eigenvalue weighted by Crippen LogP contribution is 2.13. The van der Waals surface area contributed by atoms with Crippen molar-refractivity contribution in [3.8, 4) is 0 Å². The molecule has 0 aromatic heterocycles. The molecular weight excluding hydrogens is 200 g/mol. The number of ether oxygens (including phenoxy) is 1. The number of hydrogen-bond acceptors (Lipinski definition) is 2. The maximum atomic E-state index is 12.9. The molecule has 4 heteroatoms.